The minimum atomic E-state index is -0.0813. The Labute approximate surface area is 137 Å². The lowest BCUT2D eigenvalue weighted by Gasteiger charge is -2.08. The van der Waals surface area contributed by atoms with Crippen molar-refractivity contribution >= 4 is 22.8 Å². The van der Waals surface area contributed by atoms with Crippen molar-refractivity contribution in [1.29, 1.82) is 0 Å². The van der Waals surface area contributed by atoms with Gasteiger partial charge >= 0.3 is 0 Å². The van der Waals surface area contributed by atoms with Crippen LogP contribution in [0.15, 0.2) is 6.07 Å². The molecule has 1 heterocycles. The molecule has 22 heavy (non-hydrogen) atoms. The van der Waals surface area contributed by atoms with E-state index in [1.165, 1.54) is 43.8 Å². The third-order valence-corrected chi connectivity index (χ3v) is 4.78. The lowest BCUT2D eigenvalue weighted by molar-refractivity contribution is 0.593. The second-order valence-corrected chi connectivity index (χ2v) is 6.61. The summed E-state index contributed by atoms with van der Waals surface area (Å²) in [5.74, 6) is -0.0813. The Balaban J connectivity index is 2.11. The molecule has 0 unspecified atom stereocenters. The highest BCUT2D eigenvalue weighted by atomic mass is 32.1. The normalized spacial score (nSPS) is 11.4. The maximum Gasteiger partial charge on any atom is 0.129 e. The first kappa shape index (κ1) is 17.3. The number of hydrogen-bond donors (Lipinski definition) is 0. The van der Waals surface area contributed by atoms with Gasteiger partial charge in [-0.15, -0.1) is 0 Å². The molecule has 4 heteroatoms. The minimum absolute atomic E-state index is 0.0813. The van der Waals surface area contributed by atoms with Gasteiger partial charge in [0.05, 0.1) is 11.7 Å². The average Bonchev–Trinajstić information content (AvgIpc) is 2.99. The molecule has 2 nitrogen and oxygen atoms in total. The minimum Gasteiger partial charge on any atom is -0.207 e. The number of hydrogen-bond acceptors (Lipinski definition) is 3. The summed E-state index contributed by atoms with van der Waals surface area (Å²) >= 11 is 1.21. The Hall–Kier alpha value is -1.03. The summed E-state index contributed by atoms with van der Waals surface area (Å²) in [5, 5.41) is 0. The highest BCUT2D eigenvalue weighted by molar-refractivity contribution is 7.00. The van der Waals surface area contributed by atoms with Gasteiger partial charge in [0, 0.05) is 5.56 Å². The molecule has 2 rings (SSSR count). The van der Waals surface area contributed by atoms with E-state index in [4.69, 9.17) is 0 Å². The van der Waals surface area contributed by atoms with E-state index in [1.54, 1.807) is 6.07 Å². The van der Waals surface area contributed by atoms with Gasteiger partial charge in [-0.05, 0) is 37.3 Å². The standard InChI is InChI=1S/C18H27FN2S/c1-3-5-7-9-11-14-13-16(19)15(12-10-8-6-4-2)18-17(14)20-22-21-18/h13H,3-12H2,1-2H3. The summed E-state index contributed by atoms with van der Waals surface area (Å²) < 4.78 is 23.3. The number of aryl methyl sites for hydroxylation is 2. The van der Waals surface area contributed by atoms with E-state index in [1.807, 2.05) is 0 Å². The summed E-state index contributed by atoms with van der Waals surface area (Å²) in [7, 11) is 0. The molecule has 2 aromatic rings. The second kappa shape index (κ2) is 9.19. The van der Waals surface area contributed by atoms with Crippen molar-refractivity contribution < 1.29 is 4.39 Å². The van der Waals surface area contributed by atoms with Gasteiger partial charge in [0.2, 0.25) is 0 Å². The zero-order valence-electron chi connectivity index (χ0n) is 13.8. The van der Waals surface area contributed by atoms with Crippen LogP contribution in [-0.4, -0.2) is 8.75 Å². The van der Waals surface area contributed by atoms with Crippen LogP contribution in [-0.2, 0) is 12.8 Å². The first-order valence-electron chi connectivity index (χ1n) is 8.70. The number of unbranched alkanes of at least 4 members (excludes halogenated alkanes) is 6. The van der Waals surface area contributed by atoms with Gasteiger partial charge in [0.25, 0.3) is 0 Å². The van der Waals surface area contributed by atoms with Gasteiger partial charge in [0.1, 0.15) is 16.9 Å². The van der Waals surface area contributed by atoms with Crippen molar-refractivity contribution in [3.8, 4) is 0 Å². The lowest BCUT2D eigenvalue weighted by Crippen LogP contribution is -1.98. The fraction of sp³-hybridized carbons (Fsp3) is 0.667. The number of halogens is 1. The third-order valence-electron chi connectivity index (χ3n) is 4.25. The van der Waals surface area contributed by atoms with Crippen LogP contribution in [0.4, 0.5) is 4.39 Å². The van der Waals surface area contributed by atoms with Crippen LogP contribution in [0.5, 0.6) is 0 Å². The van der Waals surface area contributed by atoms with Crippen molar-refractivity contribution in [3.63, 3.8) is 0 Å². The third kappa shape index (κ3) is 4.48. The molecule has 122 valence electrons. The van der Waals surface area contributed by atoms with Crippen LogP contribution >= 0.6 is 11.7 Å². The molecule has 0 bridgehead atoms. The van der Waals surface area contributed by atoms with Gasteiger partial charge in [-0.3, -0.25) is 0 Å². The topological polar surface area (TPSA) is 25.8 Å². The quantitative estimate of drug-likeness (QED) is 0.496. The van der Waals surface area contributed by atoms with Crippen LogP contribution < -0.4 is 0 Å². The number of aromatic nitrogens is 2. The van der Waals surface area contributed by atoms with Crippen molar-refractivity contribution in [2.45, 2.75) is 78.1 Å². The van der Waals surface area contributed by atoms with E-state index in [0.717, 1.165) is 54.3 Å². The summed E-state index contributed by atoms with van der Waals surface area (Å²) in [6.07, 6.45) is 11.1. The molecular formula is C18H27FN2S. The Morgan fingerprint density at radius 2 is 1.50 bits per heavy atom. The summed E-state index contributed by atoms with van der Waals surface area (Å²) in [5.41, 5.74) is 3.56. The largest absolute Gasteiger partial charge is 0.207 e. The van der Waals surface area contributed by atoms with E-state index in [-0.39, 0.29) is 5.82 Å². The average molecular weight is 322 g/mol. The molecule has 0 fully saturated rings. The molecule has 0 amide bonds. The summed E-state index contributed by atoms with van der Waals surface area (Å²) in [4.78, 5) is 0. The Morgan fingerprint density at radius 3 is 2.18 bits per heavy atom. The monoisotopic (exact) mass is 322 g/mol. The highest BCUT2D eigenvalue weighted by Crippen LogP contribution is 2.27. The molecule has 0 aliphatic rings. The van der Waals surface area contributed by atoms with Crippen molar-refractivity contribution in [2.24, 2.45) is 0 Å². The molecular weight excluding hydrogens is 295 g/mol. The predicted molar refractivity (Wildman–Crippen MR) is 93.1 cm³/mol. The Morgan fingerprint density at radius 1 is 0.864 bits per heavy atom. The zero-order valence-corrected chi connectivity index (χ0v) is 14.6. The lowest BCUT2D eigenvalue weighted by atomic mass is 9.99. The van der Waals surface area contributed by atoms with Crippen molar-refractivity contribution in [3.05, 3.63) is 23.0 Å². The van der Waals surface area contributed by atoms with Gasteiger partial charge in [0.15, 0.2) is 0 Å². The van der Waals surface area contributed by atoms with Gasteiger partial charge in [-0.25, -0.2) is 4.39 Å². The molecule has 0 radical (unpaired) electrons. The van der Waals surface area contributed by atoms with Crippen LogP contribution in [0, 0.1) is 5.82 Å². The molecule has 1 aromatic carbocycles. The number of benzene rings is 1. The summed E-state index contributed by atoms with van der Waals surface area (Å²) in [6.45, 7) is 4.39. The number of rotatable bonds is 10. The summed E-state index contributed by atoms with van der Waals surface area (Å²) in [6, 6.07) is 1.71. The van der Waals surface area contributed by atoms with Crippen LogP contribution in [0.25, 0.3) is 11.0 Å². The molecule has 0 N–H and O–H groups in total. The van der Waals surface area contributed by atoms with Crippen molar-refractivity contribution in [2.75, 3.05) is 0 Å². The van der Waals surface area contributed by atoms with Crippen LogP contribution in [0.1, 0.15) is 76.3 Å². The zero-order chi connectivity index (χ0) is 15.8. The van der Waals surface area contributed by atoms with E-state index >= 15 is 0 Å². The van der Waals surface area contributed by atoms with Gasteiger partial charge in [-0.2, -0.15) is 8.75 Å². The highest BCUT2D eigenvalue weighted by Gasteiger charge is 2.15. The van der Waals surface area contributed by atoms with Gasteiger partial charge < -0.3 is 0 Å². The SMILES string of the molecule is CCCCCCc1cc(F)c(CCCCCC)c2nsnc12. The van der Waals surface area contributed by atoms with E-state index < -0.39 is 0 Å². The Bertz CT molecular complexity index is 580. The fourth-order valence-electron chi connectivity index (χ4n) is 2.92. The van der Waals surface area contributed by atoms with E-state index in [0.29, 0.717) is 0 Å². The van der Waals surface area contributed by atoms with Crippen LogP contribution in [0.3, 0.4) is 0 Å². The van der Waals surface area contributed by atoms with Crippen molar-refractivity contribution in [1.82, 2.24) is 8.75 Å². The molecule has 0 saturated carbocycles. The maximum atomic E-state index is 14.5. The second-order valence-electron chi connectivity index (χ2n) is 6.08. The predicted octanol–water partition coefficient (Wildman–Crippen LogP) is 6.08. The van der Waals surface area contributed by atoms with E-state index in [2.05, 4.69) is 22.6 Å². The number of nitrogens with zero attached hydrogens (tertiary/aromatic N) is 2. The fourth-order valence-corrected chi connectivity index (χ4v) is 3.52. The number of fused-ring (bicyclic) bond motifs is 1. The first-order chi connectivity index (χ1) is 10.8. The maximum absolute atomic E-state index is 14.5. The molecule has 0 aliphatic heterocycles. The molecule has 0 saturated heterocycles. The first-order valence-corrected chi connectivity index (χ1v) is 9.43. The van der Waals surface area contributed by atoms with Gasteiger partial charge in [-0.1, -0.05) is 52.4 Å². The molecule has 0 atom stereocenters. The van der Waals surface area contributed by atoms with Crippen LogP contribution in [0.2, 0.25) is 0 Å². The Kier molecular flexibility index (Phi) is 7.23. The van der Waals surface area contributed by atoms with E-state index in [9.17, 15) is 4.39 Å². The molecule has 0 aliphatic carbocycles. The smallest absolute Gasteiger partial charge is 0.129 e. The molecule has 0 spiro atoms. The molecule has 1 aromatic heterocycles.